The first-order valence-corrected chi connectivity index (χ1v) is 10.1. The third-order valence-corrected chi connectivity index (χ3v) is 6.03. The van der Waals surface area contributed by atoms with Crippen molar-refractivity contribution >= 4 is 44.2 Å². The summed E-state index contributed by atoms with van der Waals surface area (Å²) >= 11 is 12.1. The van der Waals surface area contributed by atoms with E-state index in [1.807, 2.05) is 12.1 Å². The van der Waals surface area contributed by atoms with E-state index in [-0.39, 0.29) is 4.90 Å². The van der Waals surface area contributed by atoms with Crippen molar-refractivity contribution in [1.82, 2.24) is 0 Å². The van der Waals surface area contributed by atoms with E-state index in [9.17, 15) is 12.8 Å². The molecule has 0 aromatic heterocycles. The highest BCUT2D eigenvalue weighted by Crippen LogP contribution is 2.41. The first-order valence-electron chi connectivity index (χ1n) is 7.45. The molecule has 2 aromatic rings. The van der Waals surface area contributed by atoms with Gasteiger partial charge in [-0.1, -0.05) is 35.3 Å². The van der Waals surface area contributed by atoms with Crippen molar-refractivity contribution in [3.63, 3.8) is 0 Å². The summed E-state index contributed by atoms with van der Waals surface area (Å²) in [6.07, 6.45) is 3.64. The van der Waals surface area contributed by atoms with E-state index in [1.54, 1.807) is 12.1 Å². The Balaban J connectivity index is 2.09. The Kier molecular flexibility index (Phi) is 4.73. The lowest BCUT2D eigenvalue weighted by atomic mass is 9.97. The summed E-state index contributed by atoms with van der Waals surface area (Å²) in [6, 6.07) is 9.75. The molecule has 2 aromatic carbocycles. The van der Waals surface area contributed by atoms with Crippen molar-refractivity contribution in [3.8, 4) is 0 Å². The van der Waals surface area contributed by atoms with Gasteiger partial charge in [0.2, 0.25) is 0 Å². The molecule has 0 amide bonds. The maximum atomic E-state index is 14.2. The first kappa shape index (κ1) is 17.5. The Morgan fingerprint density at radius 2 is 1.50 bits per heavy atom. The second-order valence-electron chi connectivity index (χ2n) is 5.86. The van der Waals surface area contributed by atoms with Crippen molar-refractivity contribution < 1.29 is 12.8 Å². The van der Waals surface area contributed by atoms with E-state index >= 15 is 0 Å². The third-order valence-electron chi connectivity index (χ3n) is 4.17. The van der Waals surface area contributed by atoms with Crippen molar-refractivity contribution in [2.75, 3.05) is 6.26 Å². The highest BCUT2D eigenvalue weighted by Gasteiger charge is 2.21. The van der Waals surface area contributed by atoms with Crippen LogP contribution in [0.2, 0.25) is 10.0 Å². The predicted octanol–water partition coefficient (Wildman–Crippen LogP) is 5.63. The fraction of sp³-hybridized carbons (Fsp3) is 0.222. The van der Waals surface area contributed by atoms with E-state index in [2.05, 4.69) is 0 Å². The molecule has 0 fully saturated rings. The van der Waals surface area contributed by atoms with Crippen LogP contribution in [0, 0.1) is 5.82 Å². The Bertz CT molecular complexity index is 949. The van der Waals surface area contributed by atoms with E-state index in [4.69, 9.17) is 23.2 Å². The standard InChI is InChI=1S/C18H15Cl2FO2S/c1-24(22,23)18-8-6-12(10-17(18)21)14-4-2-3-13(14)11-5-7-15(19)16(20)9-11/h5-10H,2-4H2,1H3. The number of benzene rings is 2. The molecule has 0 N–H and O–H groups in total. The number of hydrogen-bond acceptors (Lipinski definition) is 2. The fourth-order valence-corrected chi connectivity index (χ4v) is 4.08. The van der Waals surface area contributed by atoms with Crippen LogP contribution in [0.5, 0.6) is 0 Å². The number of sulfone groups is 1. The lowest BCUT2D eigenvalue weighted by Crippen LogP contribution is -2.01. The normalized spacial score (nSPS) is 15.2. The molecule has 2 nitrogen and oxygen atoms in total. The smallest absolute Gasteiger partial charge is 0.178 e. The van der Waals surface area contributed by atoms with Crippen LogP contribution in [0.25, 0.3) is 11.1 Å². The summed E-state index contributed by atoms with van der Waals surface area (Å²) in [4.78, 5) is -0.277. The minimum atomic E-state index is -3.57. The van der Waals surface area contributed by atoms with Crippen LogP contribution in [0.3, 0.4) is 0 Å². The van der Waals surface area contributed by atoms with E-state index < -0.39 is 15.7 Å². The zero-order chi connectivity index (χ0) is 17.5. The van der Waals surface area contributed by atoms with Crippen molar-refractivity contribution in [2.45, 2.75) is 24.2 Å². The van der Waals surface area contributed by atoms with E-state index in [1.165, 1.54) is 12.1 Å². The molecular weight excluding hydrogens is 370 g/mol. The number of allylic oxidation sites excluding steroid dienone is 2. The maximum absolute atomic E-state index is 14.2. The molecular formula is C18H15Cl2FO2S. The average molecular weight is 385 g/mol. The van der Waals surface area contributed by atoms with Gasteiger partial charge in [-0.2, -0.15) is 0 Å². The second kappa shape index (κ2) is 6.51. The topological polar surface area (TPSA) is 34.1 Å². The molecule has 3 rings (SSSR count). The molecule has 0 atom stereocenters. The highest BCUT2D eigenvalue weighted by molar-refractivity contribution is 7.90. The molecule has 0 bridgehead atoms. The summed E-state index contributed by atoms with van der Waals surface area (Å²) in [5, 5.41) is 0.968. The van der Waals surface area contributed by atoms with E-state index in [0.29, 0.717) is 15.6 Å². The minimum absolute atomic E-state index is 0.277. The summed E-state index contributed by atoms with van der Waals surface area (Å²) in [5.41, 5.74) is 3.79. The molecule has 1 aliphatic rings. The monoisotopic (exact) mass is 384 g/mol. The molecule has 0 radical (unpaired) electrons. The zero-order valence-electron chi connectivity index (χ0n) is 12.9. The molecule has 1 aliphatic carbocycles. The summed E-state index contributed by atoms with van der Waals surface area (Å²) < 4.78 is 37.3. The average Bonchev–Trinajstić information content (AvgIpc) is 2.98. The van der Waals surface area contributed by atoms with Crippen molar-refractivity contribution in [2.24, 2.45) is 0 Å². The Morgan fingerprint density at radius 3 is 2.04 bits per heavy atom. The Hall–Kier alpha value is -1.36. The van der Waals surface area contributed by atoms with Gasteiger partial charge in [0.25, 0.3) is 0 Å². The molecule has 126 valence electrons. The molecule has 0 unspecified atom stereocenters. The van der Waals surface area contributed by atoms with Crippen LogP contribution in [0.15, 0.2) is 41.3 Å². The predicted molar refractivity (Wildman–Crippen MR) is 96.6 cm³/mol. The molecule has 0 saturated carbocycles. The SMILES string of the molecule is CS(=O)(=O)c1ccc(C2=C(c3ccc(Cl)c(Cl)c3)CCC2)cc1F. The minimum Gasteiger partial charge on any atom is -0.224 e. The fourth-order valence-electron chi connectivity index (χ4n) is 3.05. The summed E-state index contributed by atoms with van der Waals surface area (Å²) in [6.45, 7) is 0. The molecule has 6 heteroatoms. The van der Waals surface area contributed by atoms with Crippen LogP contribution in [0.4, 0.5) is 4.39 Å². The van der Waals surface area contributed by atoms with Gasteiger partial charge in [0.15, 0.2) is 9.84 Å². The van der Waals surface area contributed by atoms with Gasteiger partial charge in [-0.25, -0.2) is 12.8 Å². The lowest BCUT2D eigenvalue weighted by molar-refractivity contribution is 0.570. The van der Waals surface area contributed by atoms with Gasteiger partial charge >= 0.3 is 0 Å². The van der Waals surface area contributed by atoms with Crippen LogP contribution >= 0.6 is 23.2 Å². The van der Waals surface area contributed by atoms with Crippen LogP contribution in [-0.4, -0.2) is 14.7 Å². The second-order valence-corrected chi connectivity index (χ2v) is 8.66. The highest BCUT2D eigenvalue weighted by atomic mass is 35.5. The largest absolute Gasteiger partial charge is 0.224 e. The van der Waals surface area contributed by atoms with E-state index in [0.717, 1.165) is 42.2 Å². The van der Waals surface area contributed by atoms with Gasteiger partial charge in [-0.05, 0) is 65.8 Å². The zero-order valence-corrected chi connectivity index (χ0v) is 15.3. The van der Waals surface area contributed by atoms with Gasteiger partial charge < -0.3 is 0 Å². The van der Waals surface area contributed by atoms with Gasteiger partial charge in [0.05, 0.1) is 10.0 Å². The molecule has 0 heterocycles. The molecule has 24 heavy (non-hydrogen) atoms. The van der Waals surface area contributed by atoms with Gasteiger partial charge in [0.1, 0.15) is 10.7 Å². The Morgan fingerprint density at radius 1 is 0.917 bits per heavy atom. The van der Waals surface area contributed by atoms with Crippen LogP contribution < -0.4 is 0 Å². The molecule has 0 spiro atoms. The number of hydrogen-bond donors (Lipinski definition) is 0. The number of rotatable bonds is 3. The Labute approximate surface area is 150 Å². The third kappa shape index (κ3) is 3.37. The van der Waals surface area contributed by atoms with Crippen LogP contribution in [0.1, 0.15) is 30.4 Å². The summed E-state index contributed by atoms with van der Waals surface area (Å²) in [7, 11) is -3.57. The quantitative estimate of drug-likeness (QED) is 0.686. The first-order chi connectivity index (χ1) is 11.3. The van der Waals surface area contributed by atoms with Gasteiger partial charge in [-0.3, -0.25) is 0 Å². The summed E-state index contributed by atoms with van der Waals surface area (Å²) in [5.74, 6) is -0.720. The maximum Gasteiger partial charge on any atom is 0.178 e. The van der Waals surface area contributed by atoms with Gasteiger partial charge in [0, 0.05) is 6.26 Å². The van der Waals surface area contributed by atoms with Crippen molar-refractivity contribution in [1.29, 1.82) is 0 Å². The lowest BCUT2D eigenvalue weighted by Gasteiger charge is -2.11. The molecule has 0 saturated heterocycles. The number of halogens is 3. The van der Waals surface area contributed by atoms with Gasteiger partial charge in [-0.15, -0.1) is 0 Å². The van der Waals surface area contributed by atoms with Crippen LogP contribution in [-0.2, 0) is 9.84 Å². The molecule has 0 aliphatic heterocycles. The van der Waals surface area contributed by atoms with Crippen molar-refractivity contribution in [3.05, 3.63) is 63.4 Å².